The minimum atomic E-state index is 0.285. The van der Waals surface area contributed by atoms with Crippen LogP contribution in [0.25, 0.3) is 22.5 Å². The molecule has 3 heteroatoms. The highest BCUT2D eigenvalue weighted by Crippen LogP contribution is 2.65. The minimum absolute atomic E-state index is 0.285. The van der Waals surface area contributed by atoms with Crippen LogP contribution in [0.4, 0.5) is 0 Å². The van der Waals surface area contributed by atoms with Gasteiger partial charge in [0, 0.05) is 17.2 Å². The topological polar surface area (TPSA) is 30.7 Å². The molecule has 25 heavy (non-hydrogen) atoms. The van der Waals surface area contributed by atoms with Crippen molar-refractivity contribution in [2.24, 2.45) is 5.92 Å². The van der Waals surface area contributed by atoms with Crippen molar-refractivity contribution in [3.8, 4) is 22.5 Å². The summed E-state index contributed by atoms with van der Waals surface area (Å²) in [5, 5.41) is 9.16. The SMILES string of the molecule is CCC1C2c3ccccc3-c3nnn(C(C)C)c3-c3ccccc3C12. The monoisotopic (exact) mass is 329 g/mol. The van der Waals surface area contributed by atoms with Crippen LogP contribution in [0.1, 0.15) is 56.2 Å². The Hall–Kier alpha value is -2.42. The first kappa shape index (κ1) is 14.9. The average Bonchev–Trinajstić information content (AvgIpc) is 3.18. The number of aromatic nitrogens is 3. The third kappa shape index (κ3) is 1.98. The van der Waals surface area contributed by atoms with Crippen molar-refractivity contribution < 1.29 is 0 Å². The van der Waals surface area contributed by atoms with Crippen LogP contribution in [-0.4, -0.2) is 15.0 Å². The smallest absolute Gasteiger partial charge is 0.121 e. The molecule has 2 aliphatic carbocycles. The van der Waals surface area contributed by atoms with Crippen LogP contribution < -0.4 is 0 Å². The second-order valence-electron chi connectivity index (χ2n) is 7.62. The summed E-state index contributed by atoms with van der Waals surface area (Å²) in [6.07, 6.45) is 1.22. The number of hydrogen-bond donors (Lipinski definition) is 0. The molecule has 1 fully saturated rings. The first-order valence-corrected chi connectivity index (χ1v) is 9.36. The Balaban J connectivity index is 1.88. The predicted molar refractivity (Wildman–Crippen MR) is 101 cm³/mol. The Morgan fingerprint density at radius 1 is 0.920 bits per heavy atom. The Labute approximate surface area is 148 Å². The van der Waals surface area contributed by atoms with Gasteiger partial charge in [-0.2, -0.15) is 0 Å². The van der Waals surface area contributed by atoms with Crippen molar-refractivity contribution in [2.45, 2.75) is 45.1 Å². The molecule has 1 heterocycles. The predicted octanol–water partition coefficient (Wildman–Crippen LogP) is 5.41. The maximum Gasteiger partial charge on any atom is 0.121 e. The van der Waals surface area contributed by atoms with Gasteiger partial charge in [-0.3, -0.25) is 0 Å². The molecule has 0 saturated heterocycles. The molecule has 1 aromatic heterocycles. The molecule has 0 N–H and O–H groups in total. The van der Waals surface area contributed by atoms with Crippen molar-refractivity contribution in [2.75, 3.05) is 0 Å². The third-order valence-electron chi connectivity index (χ3n) is 5.97. The fraction of sp³-hybridized carbons (Fsp3) is 0.364. The maximum atomic E-state index is 4.64. The lowest BCUT2D eigenvalue weighted by Gasteiger charge is -2.18. The molecule has 0 spiro atoms. The van der Waals surface area contributed by atoms with Crippen molar-refractivity contribution in [3.63, 3.8) is 0 Å². The molecule has 3 aromatic rings. The van der Waals surface area contributed by atoms with E-state index in [2.05, 4.69) is 84.3 Å². The summed E-state index contributed by atoms with van der Waals surface area (Å²) in [5.74, 6) is 1.96. The average molecular weight is 329 g/mol. The molecule has 3 nitrogen and oxygen atoms in total. The molecule has 0 bridgehead atoms. The minimum Gasteiger partial charge on any atom is -0.242 e. The van der Waals surface area contributed by atoms with Gasteiger partial charge in [0.2, 0.25) is 0 Å². The van der Waals surface area contributed by atoms with Gasteiger partial charge in [-0.25, -0.2) is 4.68 Å². The van der Waals surface area contributed by atoms with Crippen molar-refractivity contribution >= 4 is 0 Å². The van der Waals surface area contributed by atoms with Crippen LogP contribution in [0, 0.1) is 5.92 Å². The summed E-state index contributed by atoms with van der Waals surface area (Å²) >= 11 is 0. The van der Waals surface area contributed by atoms with E-state index in [4.69, 9.17) is 0 Å². The van der Waals surface area contributed by atoms with Gasteiger partial charge in [-0.1, -0.05) is 67.1 Å². The van der Waals surface area contributed by atoms with E-state index in [1.807, 2.05) is 0 Å². The van der Waals surface area contributed by atoms with Gasteiger partial charge >= 0.3 is 0 Å². The molecule has 0 aliphatic heterocycles. The molecule has 1 saturated carbocycles. The van der Waals surface area contributed by atoms with Gasteiger partial charge in [0.05, 0.1) is 5.69 Å². The second-order valence-corrected chi connectivity index (χ2v) is 7.62. The molecule has 2 aliphatic rings. The van der Waals surface area contributed by atoms with Crippen LogP contribution in [-0.2, 0) is 0 Å². The van der Waals surface area contributed by atoms with E-state index in [0.717, 1.165) is 11.6 Å². The van der Waals surface area contributed by atoms with E-state index < -0.39 is 0 Å². The van der Waals surface area contributed by atoms with Gasteiger partial charge in [-0.15, -0.1) is 5.10 Å². The van der Waals surface area contributed by atoms with E-state index in [1.165, 1.54) is 34.4 Å². The summed E-state index contributed by atoms with van der Waals surface area (Å²) in [5.41, 5.74) is 7.72. The highest BCUT2D eigenvalue weighted by molar-refractivity contribution is 5.84. The van der Waals surface area contributed by atoms with Crippen LogP contribution >= 0.6 is 0 Å². The maximum absolute atomic E-state index is 4.64. The van der Waals surface area contributed by atoms with Crippen LogP contribution in [0.3, 0.4) is 0 Å². The number of benzene rings is 2. The van der Waals surface area contributed by atoms with Gasteiger partial charge < -0.3 is 0 Å². The van der Waals surface area contributed by atoms with Gasteiger partial charge in [0.15, 0.2) is 0 Å². The Kier molecular flexibility index (Phi) is 3.15. The molecule has 0 radical (unpaired) electrons. The van der Waals surface area contributed by atoms with E-state index in [9.17, 15) is 0 Å². The number of hydrogen-bond acceptors (Lipinski definition) is 2. The summed E-state index contributed by atoms with van der Waals surface area (Å²) in [4.78, 5) is 0. The lowest BCUT2D eigenvalue weighted by atomic mass is 9.89. The van der Waals surface area contributed by atoms with E-state index >= 15 is 0 Å². The van der Waals surface area contributed by atoms with E-state index in [-0.39, 0.29) is 6.04 Å². The highest BCUT2D eigenvalue weighted by Gasteiger charge is 2.53. The number of rotatable bonds is 2. The first-order valence-electron chi connectivity index (χ1n) is 9.36. The molecule has 126 valence electrons. The largest absolute Gasteiger partial charge is 0.242 e. The molecule has 0 amide bonds. The van der Waals surface area contributed by atoms with Crippen LogP contribution in [0.15, 0.2) is 48.5 Å². The van der Waals surface area contributed by atoms with Gasteiger partial charge in [0.1, 0.15) is 5.69 Å². The van der Waals surface area contributed by atoms with Crippen molar-refractivity contribution in [1.29, 1.82) is 0 Å². The fourth-order valence-corrected chi connectivity index (χ4v) is 4.82. The summed E-state index contributed by atoms with van der Waals surface area (Å²) in [6.45, 7) is 6.68. The zero-order valence-electron chi connectivity index (χ0n) is 15.0. The molecule has 3 atom stereocenters. The van der Waals surface area contributed by atoms with E-state index in [1.54, 1.807) is 0 Å². The Morgan fingerprint density at radius 2 is 1.52 bits per heavy atom. The Bertz CT molecular complexity index is 953. The lowest BCUT2D eigenvalue weighted by molar-refractivity contribution is 0.519. The normalized spacial score (nSPS) is 23.1. The Morgan fingerprint density at radius 3 is 2.16 bits per heavy atom. The summed E-state index contributed by atoms with van der Waals surface area (Å²) in [6, 6.07) is 18.0. The second kappa shape index (κ2) is 5.29. The van der Waals surface area contributed by atoms with E-state index in [0.29, 0.717) is 11.8 Å². The fourth-order valence-electron chi connectivity index (χ4n) is 4.82. The van der Waals surface area contributed by atoms with Crippen molar-refractivity contribution in [3.05, 3.63) is 59.7 Å². The molecular formula is C22H23N3. The third-order valence-corrected chi connectivity index (χ3v) is 5.97. The number of nitrogens with zero attached hydrogens (tertiary/aromatic N) is 3. The summed E-state index contributed by atoms with van der Waals surface area (Å²) < 4.78 is 2.09. The first-order chi connectivity index (χ1) is 12.2. The molecule has 3 unspecified atom stereocenters. The highest BCUT2D eigenvalue weighted by atomic mass is 15.4. The van der Waals surface area contributed by atoms with Gasteiger partial charge in [0.25, 0.3) is 0 Å². The summed E-state index contributed by atoms with van der Waals surface area (Å²) in [7, 11) is 0. The van der Waals surface area contributed by atoms with Gasteiger partial charge in [-0.05, 0) is 42.7 Å². The molecule has 5 rings (SSSR count). The number of fused-ring (bicyclic) bond motifs is 8. The quantitative estimate of drug-likeness (QED) is 0.629. The molecular weight excluding hydrogens is 306 g/mol. The zero-order valence-corrected chi connectivity index (χ0v) is 15.0. The molecule has 2 aromatic carbocycles. The van der Waals surface area contributed by atoms with Crippen LogP contribution in [0.5, 0.6) is 0 Å². The van der Waals surface area contributed by atoms with Crippen molar-refractivity contribution in [1.82, 2.24) is 15.0 Å². The standard InChI is InChI=1S/C22H23N3/c1-4-14-19-15-9-5-7-11-17(15)21-22(25(13(2)3)24-23-21)18-12-8-6-10-16(18)20(14)19/h5-14,19-20H,4H2,1-3H3. The zero-order chi connectivity index (χ0) is 17.1. The lowest BCUT2D eigenvalue weighted by Crippen LogP contribution is -2.07. The van der Waals surface area contributed by atoms with Crippen LogP contribution in [0.2, 0.25) is 0 Å².